The fourth-order valence-corrected chi connectivity index (χ4v) is 6.48. The summed E-state index contributed by atoms with van der Waals surface area (Å²) in [5.41, 5.74) is 3.84. The van der Waals surface area contributed by atoms with E-state index >= 15 is 0 Å². The lowest BCUT2D eigenvalue weighted by atomic mass is 9.92. The Morgan fingerprint density at radius 2 is 1.65 bits per heavy atom. The van der Waals surface area contributed by atoms with Crippen molar-refractivity contribution in [3.63, 3.8) is 0 Å². The van der Waals surface area contributed by atoms with Crippen LogP contribution < -0.4 is 4.74 Å². The van der Waals surface area contributed by atoms with Crippen molar-refractivity contribution >= 4 is 22.8 Å². The summed E-state index contributed by atoms with van der Waals surface area (Å²) in [4.78, 5) is 35.7. The average molecular weight is 545 g/mol. The normalized spacial score (nSPS) is 23.7. The van der Waals surface area contributed by atoms with Crippen LogP contribution in [0.1, 0.15) is 70.9 Å². The van der Waals surface area contributed by atoms with Gasteiger partial charge in [0, 0.05) is 68.2 Å². The third-order valence-electron chi connectivity index (χ3n) is 9.14. The summed E-state index contributed by atoms with van der Waals surface area (Å²) in [5, 5.41) is 10.7. The lowest BCUT2D eigenvalue weighted by Gasteiger charge is -2.23. The summed E-state index contributed by atoms with van der Waals surface area (Å²) < 4.78 is 11.6. The van der Waals surface area contributed by atoms with E-state index in [9.17, 15) is 9.59 Å². The van der Waals surface area contributed by atoms with E-state index in [0.29, 0.717) is 65.9 Å². The molecule has 1 aromatic carbocycles. The largest absolute Gasteiger partial charge is 0.477 e. The number of aromatic nitrogens is 4. The highest BCUT2D eigenvalue weighted by Gasteiger charge is 2.38. The highest BCUT2D eigenvalue weighted by molar-refractivity contribution is 5.97. The van der Waals surface area contributed by atoms with E-state index in [1.165, 1.54) is 0 Å². The number of ether oxygens (including phenoxy) is 2. The van der Waals surface area contributed by atoms with Gasteiger partial charge >= 0.3 is 0 Å². The van der Waals surface area contributed by atoms with Crippen LogP contribution in [0.2, 0.25) is 0 Å². The summed E-state index contributed by atoms with van der Waals surface area (Å²) in [7, 11) is 0. The molecule has 1 saturated carbocycles. The first kappa shape index (κ1) is 25.4. The van der Waals surface area contributed by atoms with Gasteiger partial charge in [0.25, 0.3) is 11.8 Å². The van der Waals surface area contributed by atoms with Crippen molar-refractivity contribution < 1.29 is 19.1 Å². The fraction of sp³-hybridized carbons (Fsp3) is 0.567. The Balaban J connectivity index is 0.995. The number of carbonyl (C=O) groups excluding carboxylic acids is 2. The van der Waals surface area contributed by atoms with Gasteiger partial charge in [-0.25, -0.2) is 4.98 Å². The molecule has 2 aromatic heterocycles. The number of carbonyl (C=O) groups is 2. The number of H-pyrrole nitrogens is 1. The number of likely N-dealkylation sites (tertiary alicyclic amines) is 2. The second-order valence-corrected chi connectivity index (χ2v) is 11.9. The summed E-state index contributed by atoms with van der Waals surface area (Å²) in [6.45, 7) is 5.05. The first-order valence-electron chi connectivity index (χ1n) is 14.7. The van der Waals surface area contributed by atoms with Crippen LogP contribution in [-0.4, -0.2) is 88.0 Å². The molecule has 40 heavy (non-hydrogen) atoms. The molecule has 0 bridgehead atoms. The highest BCUT2D eigenvalue weighted by Crippen LogP contribution is 2.40. The molecule has 4 fully saturated rings. The van der Waals surface area contributed by atoms with Gasteiger partial charge in [0.05, 0.1) is 12.1 Å². The molecule has 3 aromatic rings. The number of nitrogens with one attached hydrogen (secondary N) is 1. The Kier molecular flexibility index (Phi) is 6.87. The van der Waals surface area contributed by atoms with E-state index in [1.54, 1.807) is 6.07 Å². The van der Waals surface area contributed by atoms with Gasteiger partial charge in [0.1, 0.15) is 5.52 Å². The number of benzene rings is 1. The second kappa shape index (κ2) is 10.8. The summed E-state index contributed by atoms with van der Waals surface area (Å²) in [6, 6.07) is 9.32. The van der Waals surface area contributed by atoms with Gasteiger partial charge in [-0.15, -0.1) is 5.10 Å². The molecule has 2 amide bonds. The molecule has 0 spiro atoms. The van der Waals surface area contributed by atoms with Gasteiger partial charge in [-0.1, -0.05) is 5.21 Å². The zero-order valence-corrected chi connectivity index (χ0v) is 22.8. The van der Waals surface area contributed by atoms with Crippen LogP contribution in [0, 0.1) is 17.8 Å². The van der Waals surface area contributed by atoms with E-state index in [0.717, 1.165) is 76.0 Å². The number of pyridine rings is 1. The van der Waals surface area contributed by atoms with E-state index in [1.807, 2.05) is 34.1 Å². The van der Waals surface area contributed by atoms with Crippen LogP contribution in [0.25, 0.3) is 11.0 Å². The number of hydrogen-bond donors (Lipinski definition) is 1. The predicted molar refractivity (Wildman–Crippen MR) is 147 cm³/mol. The van der Waals surface area contributed by atoms with Crippen LogP contribution in [0.5, 0.6) is 5.88 Å². The van der Waals surface area contributed by atoms with Crippen LogP contribution in [-0.2, 0) is 4.74 Å². The van der Waals surface area contributed by atoms with Gasteiger partial charge < -0.3 is 19.3 Å². The molecular formula is C30H36N6O4. The van der Waals surface area contributed by atoms with E-state index < -0.39 is 0 Å². The van der Waals surface area contributed by atoms with Crippen LogP contribution in [0.3, 0.4) is 0 Å². The Morgan fingerprint density at radius 1 is 0.900 bits per heavy atom. The molecule has 0 radical (unpaired) electrons. The number of aromatic amines is 1. The minimum atomic E-state index is 0.0375. The SMILES string of the molecule is O=C(c1ccc2[nH]nnc2c1)N1CC[C@@H]2CN(C(=O)c3cc(OCC4CCOCC4)nc(C4CC4)c3)C[C@@H]2CC1. The predicted octanol–water partition coefficient (Wildman–Crippen LogP) is 3.66. The summed E-state index contributed by atoms with van der Waals surface area (Å²) in [6.07, 6.45) is 6.05. The smallest absolute Gasteiger partial charge is 0.254 e. The molecule has 10 heteroatoms. The zero-order chi connectivity index (χ0) is 27.1. The standard InChI is InChI=1S/C30H36N6O4/c37-29(21-3-4-25-27(13-21)33-34-32-25)35-9-5-22-16-36(17-23(22)6-10-35)30(38)24-14-26(20-1-2-20)31-28(15-24)40-18-19-7-11-39-12-8-19/h3-4,13-15,19-20,22-23H,1-2,5-12,16-18H2,(H,32,33,34)/t22-,23+. The molecule has 2 atom stereocenters. The summed E-state index contributed by atoms with van der Waals surface area (Å²) in [5.74, 6) is 2.39. The first-order valence-corrected chi connectivity index (χ1v) is 14.7. The molecule has 1 N–H and O–H groups in total. The van der Waals surface area contributed by atoms with Crippen LogP contribution in [0.4, 0.5) is 0 Å². The Labute approximate surface area is 233 Å². The third-order valence-corrected chi connectivity index (χ3v) is 9.14. The Bertz CT molecular complexity index is 1380. The van der Waals surface area contributed by atoms with Crippen LogP contribution >= 0.6 is 0 Å². The number of nitrogens with zero attached hydrogens (tertiary/aromatic N) is 5. The van der Waals surface area contributed by atoms with Crippen molar-refractivity contribution in [2.24, 2.45) is 17.8 Å². The second-order valence-electron chi connectivity index (χ2n) is 11.9. The summed E-state index contributed by atoms with van der Waals surface area (Å²) >= 11 is 0. The molecule has 4 aliphatic rings. The monoisotopic (exact) mass is 544 g/mol. The first-order chi connectivity index (χ1) is 19.6. The lowest BCUT2D eigenvalue weighted by Crippen LogP contribution is -2.34. The maximum absolute atomic E-state index is 13.7. The number of hydrogen-bond acceptors (Lipinski definition) is 7. The highest BCUT2D eigenvalue weighted by atomic mass is 16.5. The molecule has 3 aliphatic heterocycles. The molecule has 0 unspecified atom stereocenters. The van der Waals surface area contributed by atoms with Gasteiger partial charge in [-0.3, -0.25) is 14.7 Å². The molecule has 5 heterocycles. The molecule has 7 rings (SSSR count). The lowest BCUT2D eigenvalue weighted by molar-refractivity contribution is 0.0490. The Morgan fingerprint density at radius 3 is 2.40 bits per heavy atom. The van der Waals surface area contributed by atoms with Gasteiger partial charge in [-0.2, -0.15) is 0 Å². The molecule has 3 saturated heterocycles. The maximum Gasteiger partial charge on any atom is 0.254 e. The topological polar surface area (TPSA) is 114 Å². The zero-order valence-electron chi connectivity index (χ0n) is 22.8. The van der Waals surface area contributed by atoms with Crippen molar-refractivity contribution in [2.45, 2.75) is 44.4 Å². The third kappa shape index (κ3) is 5.29. The van der Waals surface area contributed by atoms with E-state index in [4.69, 9.17) is 14.5 Å². The molecular weight excluding hydrogens is 508 g/mol. The van der Waals surface area contributed by atoms with Crippen molar-refractivity contribution in [1.29, 1.82) is 0 Å². The molecule has 1 aliphatic carbocycles. The molecule has 10 nitrogen and oxygen atoms in total. The fourth-order valence-electron chi connectivity index (χ4n) is 6.48. The van der Waals surface area contributed by atoms with E-state index in [-0.39, 0.29) is 11.8 Å². The van der Waals surface area contributed by atoms with Crippen molar-refractivity contribution in [2.75, 3.05) is 46.0 Å². The minimum absolute atomic E-state index is 0.0375. The van der Waals surface area contributed by atoms with E-state index in [2.05, 4.69) is 15.4 Å². The van der Waals surface area contributed by atoms with Gasteiger partial charge in [-0.05, 0) is 80.5 Å². The average Bonchev–Trinajstić information content (AvgIpc) is 3.66. The van der Waals surface area contributed by atoms with Gasteiger partial charge in [0.15, 0.2) is 0 Å². The van der Waals surface area contributed by atoms with Gasteiger partial charge in [0.2, 0.25) is 5.88 Å². The number of rotatable bonds is 6. The van der Waals surface area contributed by atoms with Crippen molar-refractivity contribution in [3.8, 4) is 5.88 Å². The number of amides is 2. The van der Waals surface area contributed by atoms with Crippen molar-refractivity contribution in [3.05, 3.63) is 47.2 Å². The quantitative estimate of drug-likeness (QED) is 0.504. The Hall–Kier alpha value is -3.53. The molecule has 210 valence electrons. The maximum atomic E-state index is 13.7. The van der Waals surface area contributed by atoms with Crippen LogP contribution in [0.15, 0.2) is 30.3 Å². The number of fused-ring (bicyclic) bond motifs is 2. The minimum Gasteiger partial charge on any atom is -0.477 e. The van der Waals surface area contributed by atoms with Crippen molar-refractivity contribution in [1.82, 2.24) is 30.2 Å².